The van der Waals surface area contributed by atoms with Crippen LogP contribution in [0.5, 0.6) is 0 Å². The molecule has 2 rings (SSSR count). The Morgan fingerprint density at radius 1 is 1.24 bits per heavy atom. The molecule has 2 aromatic rings. The van der Waals surface area contributed by atoms with Gasteiger partial charge in [-0.1, -0.05) is 17.7 Å². The summed E-state index contributed by atoms with van der Waals surface area (Å²) in [4.78, 5) is 12.1. The minimum absolute atomic E-state index is 0.223. The third-order valence-corrected chi connectivity index (χ3v) is 4.53. The summed E-state index contributed by atoms with van der Waals surface area (Å²) in [6, 6.07) is 7.58. The summed E-state index contributed by atoms with van der Waals surface area (Å²) < 4.78 is 27.4. The summed E-state index contributed by atoms with van der Waals surface area (Å²) in [5, 5.41) is 3.13. The molecule has 1 atom stereocenters. The molecule has 0 fully saturated rings. The Balaban J connectivity index is 2.16. The number of rotatable bonds is 3. The summed E-state index contributed by atoms with van der Waals surface area (Å²) >= 11 is 8.02. The van der Waals surface area contributed by atoms with Crippen LogP contribution in [0.3, 0.4) is 0 Å². The topological polar surface area (TPSA) is 29.1 Å². The van der Waals surface area contributed by atoms with Gasteiger partial charge in [-0.3, -0.25) is 4.79 Å². The first-order valence-corrected chi connectivity index (χ1v) is 7.55. The first kappa shape index (κ1) is 16.2. The van der Waals surface area contributed by atoms with E-state index in [4.69, 9.17) is 11.6 Å². The van der Waals surface area contributed by atoms with Crippen LogP contribution in [-0.4, -0.2) is 5.91 Å². The number of carbonyl (C=O) groups is 1. The number of hydrogen-bond acceptors (Lipinski definition) is 1. The Kier molecular flexibility index (Phi) is 5.16. The molecule has 0 saturated heterocycles. The van der Waals surface area contributed by atoms with Crippen LogP contribution < -0.4 is 5.32 Å². The summed E-state index contributed by atoms with van der Waals surface area (Å²) in [5.74, 6) is -1.72. The predicted molar refractivity (Wildman–Crippen MR) is 86.4 cm³/mol. The molecule has 0 aliphatic rings. The van der Waals surface area contributed by atoms with Gasteiger partial charge in [-0.15, -0.1) is 0 Å². The largest absolute Gasteiger partial charge is 0.345 e. The Hall–Kier alpha value is -1.21. The highest BCUT2D eigenvalue weighted by Crippen LogP contribution is 2.21. The summed E-state index contributed by atoms with van der Waals surface area (Å²) in [6.45, 7) is 1.63. The third-order valence-electron chi connectivity index (χ3n) is 2.96. The van der Waals surface area contributed by atoms with E-state index in [1.54, 1.807) is 25.1 Å². The first-order chi connectivity index (χ1) is 9.88. The Bertz CT molecular complexity index is 693. The lowest BCUT2D eigenvalue weighted by Crippen LogP contribution is -2.27. The van der Waals surface area contributed by atoms with Crippen LogP contribution >= 0.6 is 34.2 Å². The molecule has 2 aromatic carbocycles. The Morgan fingerprint density at radius 3 is 2.57 bits per heavy atom. The highest BCUT2D eigenvalue weighted by atomic mass is 127. The molecular weight excluding hydrogens is 411 g/mol. The number of carbonyl (C=O) groups excluding carboxylic acids is 1. The molecule has 0 aliphatic carbocycles. The molecule has 21 heavy (non-hydrogen) atoms. The normalized spacial score (nSPS) is 12.0. The summed E-state index contributed by atoms with van der Waals surface area (Å²) in [6.07, 6.45) is 0. The fourth-order valence-corrected chi connectivity index (χ4v) is 2.36. The lowest BCUT2D eigenvalue weighted by atomic mass is 10.1. The summed E-state index contributed by atoms with van der Waals surface area (Å²) in [7, 11) is 0. The molecule has 0 aliphatic heterocycles. The van der Waals surface area contributed by atoms with Crippen molar-refractivity contribution in [3.63, 3.8) is 0 Å². The molecule has 1 amide bonds. The molecule has 0 aromatic heterocycles. The highest BCUT2D eigenvalue weighted by molar-refractivity contribution is 14.1. The second-order valence-electron chi connectivity index (χ2n) is 4.49. The summed E-state index contributed by atoms with van der Waals surface area (Å²) in [5.41, 5.74) is 0.608. The highest BCUT2D eigenvalue weighted by Gasteiger charge is 2.16. The fourth-order valence-electron chi connectivity index (χ4n) is 1.85. The zero-order valence-corrected chi connectivity index (χ0v) is 13.9. The van der Waals surface area contributed by atoms with E-state index in [1.165, 1.54) is 6.07 Å². The quantitative estimate of drug-likeness (QED) is 0.714. The van der Waals surface area contributed by atoms with Crippen molar-refractivity contribution in [3.8, 4) is 0 Å². The number of nitrogens with one attached hydrogen (secondary N) is 1. The van der Waals surface area contributed by atoms with Gasteiger partial charge in [0.2, 0.25) is 0 Å². The zero-order valence-electron chi connectivity index (χ0n) is 11.0. The zero-order chi connectivity index (χ0) is 15.6. The number of amides is 1. The molecule has 0 bridgehead atoms. The number of halogens is 4. The van der Waals surface area contributed by atoms with E-state index in [1.807, 2.05) is 0 Å². The van der Waals surface area contributed by atoms with Gasteiger partial charge in [-0.05, 0) is 53.8 Å². The van der Waals surface area contributed by atoms with Crippen LogP contribution in [0.2, 0.25) is 5.02 Å². The van der Waals surface area contributed by atoms with Crippen LogP contribution in [0.1, 0.15) is 28.9 Å². The predicted octanol–water partition coefficient (Wildman–Crippen LogP) is 4.71. The van der Waals surface area contributed by atoms with E-state index in [-0.39, 0.29) is 11.5 Å². The van der Waals surface area contributed by atoms with Gasteiger partial charge in [0.1, 0.15) is 11.6 Å². The van der Waals surface area contributed by atoms with Crippen LogP contribution in [0.4, 0.5) is 8.78 Å². The van der Waals surface area contributed by atoms with Gasteiger partial charge in [-0.25, -0.2) is 8.78 Å². The molecule has 6 heteroatoms. The van der Waals surface area contributed by atoms with Crippen molar-refractivity contribution in [2.75, 3.05) is 0 Å². The van der Waals surface area contributed by atoms with E-state index >= 15 is 0 Å². The van der Waals surface area contributed by atoms with E-state index in [2.05, 4.69) is 27.9 Å². The molecule has 0 saturated carbocycles. The van der Waals surface area contributed by atoms with Crippen molar-refractivity contribution >= 4 is 40.1 Å². The maximum atomic E-state index is 13.7. The van der Waals surface area contributed by atoms with E-state index in [9.17, 15) is 13.6 Å². The molecule has 2 nitrogen and oxygen atoms in total. The second kappa shape index (κ2) is 6.70. The van der Waals surface area contributed by atoms with E-state index in [0.29, 0.717) is 10.6 Å². The minimum atomic E-state index is -0.691. The monoisotopic (exact) mass is 421 g/mol. The maximum absolute atomic E-state index is 13.7. The number of benzene rings is 2. The van der Waals surface area contributed by atoms with Gasteiger partial charge in [-0.2, -0.15) is 0 Å². The van der Waals surface area contributed by atoms with Gasteiger partial charge in [0.05, 0.1) is 11.1 Å². The average molecular weight is 422 g/mol. The van der Waals surface area contributed by atoms with Crippen LogP contribution in [-0.2, 0) is 0 Å². The van der Waals surface area contributed by atoms with Crippen molar-refractivity contribution in [3.05, 3.63) is 67.8 Å². The molecule has 110 valence electrons. The van der Waals surface area contributed by atoms with Crippen molar-refractivity contribution in [2.24, 2.45) is 0 Å². The maximum Gasteiger partial charge on any atom is 0.251 e. The molecule has 0 radical (unpaired) electrons. The van der Waals surface area contributed by atoms with E-state index < -0.39 is 17.7 Å². The van der Waals surface area contributed by atoms with Gasteiger partial charge in [0, 0.05) is 20.8 Å². The standard InChI is InChI=1S/C15H11ClF2INO/c1-8(11-4-3-10(17)7-13(11)18)20-15(21)9-2-5-14(19)12(16)6-9/h2-8H,1H3,(H,20,21). The molecular formula is C15H11ClF2INO. The van der Waals surface area contributed by atoms with Gasteiger partial charge < -0.3 is 5.32 Å². The molecule has 0 heterocycles. The SMILES string of the molecule is CC(NC(=O)c1ccc(I)c(Cl)c1)c1ccc(F)cc1F. The van der Waals surface area contributed by atoms with Gasteiger partial charge in [0.25, 0.3) is 5.91 Å². The second-order valence-corrected chi connectivity index (χ2v) is 6.06. The van der Waals surface area contributed by atoms with Gasteiger partial charge >= 0.3 is 0 Å². The van der Waals surface area contributed by atoms with Crippen molar-refractivity contribution in [1.82, 2.24) is 5.32 Å². The van der Waals surface area contributed by atoms with Crippen LogP contribution in [0, 0.1) is 15.2 Å². The van der Waals surface area contributed by atoms with Gasteiger partial charge in [0.15, 0.2) is 0 Å². The molecule has 0 spiro atoms. The van der Waals surface area contributed by atoms with E-state index in [0.717, 1.165) is 15.7 Å². The average Bonchev–Trinajstić information content (AvgIpc) is 2.41. The molecule has 1 N–H and O–H groups in total. The smallest absolute Gasteiger partial charge is 0.251 e. The van der Waals surface area contributed by atoms with Crippen molar-refractivity contribution in [1.29, 1.82) is 0 Å². The Labute approximate surface area is 139 Å². The number of hydrogen-bond donors (Lipinski definition) is 1. The minimum Gasteiger partial charge on any atom is -0.345 e. The fraction of sp³-hybridized carbons (Fsp3) is 0.133. The van der Waals surface area contributed by atoms with Crippen molar-refractivity contribution < 1.29 is 13.6 Å². The molecule has 1 unspecified atom stereocenters. The van der Waals surface area contributed by atoms with Crippen LogP contribution in [0.15, 0.2) is 36.4 Å². The Morgan fingerprint density at radius 2 is 1.95 bits per heavy atom. The van der Waals surface area contributed by atoms with Crippen molar-refractivity contribution in [2.45, 2.75) is 13.0 Å². The lowest BCUT2D eigenvalue weighted by Gasteiger charge is -2.15. The first-order valence-electron chi connectivity index (χ1n) is 6.09. The lowest BCUT2D eigenvalue weighted by molar-refractivity contribution is 0.0939. The van der Waals surface area contributed by atoms with Crippen LogP contribution in [0.25, 0.3) is 0 Å². The third kappa shape index (κ3) is 3.91.